The third-order valence-electron chi connectivity index (χ3n) is 3.31. The van der Waals surface area contributed by atoms with Gasteiger partial charge in [-0.2, -0.15) is 10.2 Å². The predicted molar refractivity (Wildman–Crippen MR) is 96.6 cm³/mol. The standard InChI is InChI=1S/C19H19N3O2/c1-3-13-22(14-4-2)18-11-9-17(10-12-18)21-20-16-7-5-15(6-8-16)19(23)24/h3-12H,1-2,13-14H2,(H,23,24)/b21-20+. The third-order valence-corrected chi connectivity index (χ3v) is 3.31. The van der Waals surface area contributed by atoms with Crippen molar-refractivity contribution in [1.29, 1.82) is 0 Å². The molecular formula is C19H19N3O2. The van der Waals surface area contributed by atoms with Gasteiger partial charge in [0.15, 0.2) is 0 Å². The smallest absolute Gasteiger partial charge is 0.335 e. The molecule has 2 rings (SSSR count). The Hall–Kier alpha value is -3.21. The zero-order valence-corrected chi connectivity index (χ0v) is 13.3. The normalized spacial score (nSPS) is 10.5. The molecule has 2 aromatic carbocycles. The Kier molecular flexibility index (Phi) is 6.02. The van der Waals surface area contributed by atoms with E-state index in [0.29, 0.717) is 5.69 Å². The van der Waals surface area contributed by atoms with Gasteiger partial charge in [-0.25, -0.2) is 4.79 Å². The Labute approximate surface area is 141 Å². The van der Waals surface area contributed by atoms with Gasteiger partial charge in [0, 0.05) is 18.8 Å². The van der Waals surface area contributed by atoms with Crippen molar-refractivity contribution in [3.8, 4) is 0 Å². The number of anilines is 1. The fourth-order valence-corrected chi connectivity index (χ4v) is 2.11. The van der Waals surface area contributed by atoms with Gasteiger partial charge in [-0.05, 0) is 48.5 Å². The van der Waals surface area contributed by atoms with Crippen LogP contribution in [0.1, 0.15) is 10.4 Å². The molecule has 24 heavy (non-hydrogen) atoms. The lowest BCUT2D eigenvalue weighted by Gasteiger charge is -2.21. The molecule has 0 aliphatic carbocycles. The van der Waals surface area contributed by atoms with Crippen LogP contribution in [-0.4, -0.2) is 24.2 Å². The maximum Gasteiger partial charge on any atom is 0.335 e. The van der Waals surface area contributed by atoms with Gasteiger partial charge in [-0.1, -0.05) is 12.2 Å². The van der Waals surface area contributed by atoms with Gasteiger partial charge in [0.1, 0.15) is 0 Å². The molecule has 0 atom stereocenters. The zero-order chi connectivity index (χ0) is 17.4. The highest BCUT2D eigenvalue weighted by molar-refractivity contribution is 5.87. The topological polar surface area (TPSA) is 65.3 Å². The molecule has 0 radical (unpaired) electrons. The first-order valence-corrected chi connectivity index (χ1v) is 7.46. The lowest BCUT2D eigenvalue weighted by molar-refractivity contribution is 0.0697. The SMILES string of the molecule is C=CCN(CC=C)c1ccc(/N=N/c2ccc(C(=O)O)cc2)cc1. The minimum absolute atomic E-state index is 0.225. The Bertz CT molecular complexity index is 724. The highest BCUT2D eigenvalue weighted by atomic mass is 16.4. The van der Waals surface area contributed by atoms with Crippen molar-refractivity contribution in [2.24, 2.45) is 10.2 Å². The van der Waals surface area contributed by atoms with Gasteiger partial charge in [0.25, 0.3) is 0 Å². The van der Waals surface area contributed by atoms with Crippen LogP contribution in [0.4, 0.5) is 17.1 Å². The van der Waals surface area contributed by atoms with Crippen LogP contribution in [0.15, 0.2) is 84.1 Å². The van der Waals surface area contributed by atoms with Crippen molar-refractivity contribution in [1.82, 2.24) is 0 Å². The van der Waals surface area contributed by atoms with E-state index < -0.39 is 5.97 Å². The summed E-state index contributed by atoms with van der Waals surface area (Å²) in [5.74, 6) is -0.960. The van der Waals surface area contributed by atoms with E-state index in [2.05, 4.69) is 28.3 Å². The van der Waals surface area contributed by atoms with E-state index in [1.807, 2.05) is 36.4 Å². The zero-order valence-electron chi connectivity index (χ0n) is 13.3. The van der Waals surface area contributed by atoms with Crippen LogP contribution in [-0.2, 0) is 0 Å². The first kappa shape index (κ1) is 17.1. The Morgan fingerprint density at radius 1 is 0.917 bits per heavy atom. The number of azo groups is 1. The average molecular weight is 321 g/mol. The molecule has 0 saturated heterocycles. The van der Waals surface area contributed by atoms with Gasteiger partial charge in [0.2, 0.25) is 0 Å². The fourth-order valence-electron chi connectivity index (χ4n) is 2.11. The Morgan fingerprint density at radius 3 is 1.79 bits per heavy atom. The predicted octanol–water partition coefficient (Wildman–Crippen LogP) is 4.98. The average Bonchev–Trinajstić information content (AvgIpc) is 2.60. The Morgan fingerprint density at radius 2 is 1.38 bits per heavy atom. The molecule has 0 fully saturated rings. The number of hydrogen-bond acceptors (Lipinski definition) is 4. The highest BCUT2D eigenvalue weighted by Crippen LogP contribution is 2.22. The summed E-state index contributed by atoms with van der Waals surface area (Å²) < 4.78 is 0. The van der Waals surface area contributed by atoms with Crippen LogP contribution in [0.25, 0.3) is 0 Å². The molecule has 0 unspecified atom stereocenters. The Balaban J connectivity index is 2.08. The summed E-state index contributed by atoms with van der Waals surface area (Å²) in [4.78, 5) is 12.9. The molecule has 0 bridgehead atoms. The lowest BCUT2D eigenvalue weighted by atomic mass is 10.2. The largest absolute Gasteiger partial charge is 0.478 e. The van der Waals surface area contributed by atoms with Crippen LogP contribution >= 0.6 is 0 Å². The number of benzene rings is 2. The van der Waals surface area contributed by atoms with Crippen molar-refractivity contribution in [2.45, 2.75) is 0 Å². The molecule has 2 aromatic rings. The maximum absolute atomic E-state index is 10.8. The van der Waals surface area contributed by atoms with Gasteiger partial charge in [0.05, 0.1) is 16.9 Å². The number of carboxylic acids is 1. The van der Waals surface area contributed by atoms with Crippen molar-refractivity contribution in [3.05, 3.63) is 79.4 Å². The molecule has 5 heteroatoms. The van der Waals surface area contributed by atoms with E-state index in [0.717, 1.165) is 24.5 Å². The summed E-state index contributed by atoms with van der Waals surface area (Å²) in [6.07, 6.45) is 3.69. The van der Waals surface area contributed by atoms with Crippen LogP contribution < -0.4 is 4.90 Å². The summed E-state index contributed by atoms with van der Waals surface area (Å²) in [5, 5.41) is 17.1. The number of carboxylic acid groups (broad SMARTS) is 1. The number of rotatable bonds is 8. The minimum Gasteiger partial charge on any atom is -0.478 e. The van der Waals surface area contributed by atoms with Crippen molar-refractivity contribution in [3.63, 3.8) is 0 Å². The molecule has 122 valence electrons. The summed E-state index contributed by atoms with van der Waals surface area (Å²) in [6, 6.07) is 13.9. The second-order valence-corrected chi connectivity index (χ2v) is 5.05. The second-order valence-electron chi connectivity index (χ2n) is 5.05. The summed E-state index contributed by atoms with van der Waals surface area (Å²) in [5.41, 5.74) is 2.60. The number of hydrogen-bond donors (Lipinski definition) is 1. The number of carbonyl (C=O) groups is 1. The van der Waals surface area contributed by atoms with Crippen LogP contribution in [0.5, 0.6) is 0 Å². The van der Waals surface area contributed by atoms with Crippen molar-refractivity contribution in [2.75, 3.05) is 18.0 Å². The molecule has 0 heterocycles. The molecule has 0 saturated carbocycles. The van der Waals surface area contributed by atoms with Crippen molar-refractivity contribution < 1.29 is 9.90 Å². The van der Waals surface area contributed by atoms with Gasteiger partial charge >= 0.3 is 5.97 Å². The van der Waals surface area contributed by atoms with E-state index in [4.69, 9.17) is 5.11 Å². The summed E-state index contributed by atoms with van der Waals surface area (Å²) >= 11 is 0. The van der Waals surface area contributed by atoms with Crippen LogP contribution in [0, 0.1) is 0 Å². The van der Waals surface area contributed by atoms with E-state index in [-0.39, 0.29) is 5.56 Å². The van der Waals surface area contributed by atoms with E-state index in [1.165, 1.54) is 12.1 Å². The van der Waals surface area contributed by atoms with Gasteiger partial charge in [-0.15, -0.1) is 13.2 Å². The molecule has 0 spiro atoms. The highest BCUT2D eigenvalue weighted by Gasteiger charge is 2.03. The maximum atomic E-state index is 10.8. The van der Waals surface area contributed by atoms with Gasteiger partial charge in [-0.3, -0.25) is 0 Å². The number of nitrogens with zero attached hydrogens (tertiary/aromatic N) is 3. The first-order chi connectivity index (χ1) is 11.6. The monoisotopic (exact) mass is 321 g/mol. The van der Waals surface area contributed by atoms with E-state index in [1.54, 1.807) is 12.1 Å². The number of aromatic carboxylic acids is 1. The quantitative estimate of drug-likeness (QED) is 0.551. The second kappa shape index (κ2) is 8.43. The summed E-state index contributed by atoms with van der Waals surface area (Å²) in [6.45, 7) is 9.00. The fraction of sp³-hybridized carbons (Fsp3) is 0.105. The molecule has 5 nitrogen and oxygen atoms in total. The van der Waals surface area contributed by atoms with E-state index >= 15 is 0 Å². The summed E-state index contributed by atoms with van der Waals surface area (Å²) in [7, 11) is 0. The molecule has 1 N–H and O–H groups in total. The van der Waals surface area contributed by atoms with E-state index in [9.17, 15) is 4.79 Å². The van der Waals surface area contributed by atoms with Crippen LogP contribution in [0.2, 0.25) is 0 Å². The molecule has 0 amide bonds. The van der Waals surface area contributed by atoms with Gasteiger partial charge < -0.3 is 10.0 Å². The van der Waals surface area contributed by atoms with Crippen LogP contribution in [0.3, 0.4) is 0 Å². The van der Waals surface area contributed by atoms with Crippen molar-refractivity contribution >= 4 is 23.0 Å². The molecule has 0 aromatic heterocycles. The molecular weight excluding hydrogens is 302 g/mol. The lowest BCUT2D eigenvalue weighted by Crippen LogP contribution is -2.22. The molecule has 0 aliphatic heterocycles. The minimum atomic E-state index is -0.960. The molecule has 0 aliphatic rings. The third kappa shape index (κ3) is 4.64. The first-order valence-electron chi connectivity index (χ1n) is 7.46.